The molecule has 0 fully saturated rings. The lowest BCUT2D eigenvalue weighted by Gasteiger charge is -2.12. The van der Waals surface area contributed by atoms with Crippen LogP contribution < -0.4 is 0 Å². The van der Waals surface area contributed by atoms with Crippen LogP contribution in [0.4, 0.5) is 0 Å². The second kappa shape index (κ2) is 14.7. The van der Waals surface area contributed by atoms with Gasteiger partial charge < -0.3 is 8.83 Å². The van der Waals surface area contributed by atoms with E-state index in [1.165, 1.54) is 16.7 Å². The van der Waals surface area contributed by atoms with E-state index in [0.717, 1.165) is 99.8 Å². The molecule has 3 aromatic heterocycles. The first-order valence-electron chi connectivity index (χ1n) is 20.9. The molecule has 9 aromatic carbocycles. The molecule has 12 aromatic rings. The van der Waals surface area contributed by atoms with Gasteiger partial charge in [-0.05, 0) is 99.1 Å². The van der Waals surface area contributed by atoms with E-state index in [1.807, 2.05) is 36.4 Å². The lowest BCUT2D eigenvalue weighted by Crippen LogP contribution is -1.97. The van der Waals surface area contributed by atoms with Crippen LogP contribution in [0.25, 0.3) is 122 Å². The summed E-state index contributed by atoms with van der Waals surface area (Å²) in [5.74, 6) is 0.627. The highest BCUT2D eigenvalue weighted by molar-refractivity contribution is 6.14. The summed E-state index contributed by atoms with van der Waals surface area (Å²) in [7, 11) is 0. The van der Waals surface area contributed by atoms with Gasteiger partial charge in [-0.3, -0.25) is 0 Å². The summed E-state index contributed by atoms with van der Waals surface area (Å²) in [6.07, 6.45) is 0. The quantitative estimate of drug-likeness (QED) is 0.161. The number of hydrogen-bond donors (Lipinski definition) is 0. The number of hydrogen-bond acceptors (Lipinski definition) is 4. The normalized spacial score (nSPS) is 11.5. The van der Waals surface area contributed by atoms with Crippen LogP contribution in [-0.4, -0.2) is 9.97 Å². The highest BCUT2D eigenvalue weighted by Crippen LogP contribution is 2.42. The minimum atomic E-state index is 0.627. The number of aromatic nitrogens is 2. The molecule has 0 saturated carbocycles. The predicted octanol–water partition coefficient (Wildman–Crippen LogP) is 15.9. The molecule has 0 N–H and O–H groups in total. The van der Waals surface area contributed by atoms with Gasteiger partial charge in [0.05, 0.1) is 11.4 Å². The molecular formula is C58H36N2O2. The summed E-state index contributed by atoms with van der Waals surface area (Å²) in [5.41, 5.74) is 16.8. The Balaban J connectivity index is 1.02. The topological polar surface area (TPSA) is 52.1 Å². The molecule has 4 heteroatoms. The van der Waals surface area contributed by atoms with Crippen molar-refractivity contribution in [1.29, 1.82) is 0 Å². The van der Waals surface area contributed by atoms with Crippen molar-refractivity contribution < 1.29 is 8.83 Å². The molecule has 0 spiro atoms. The summed E-state index contributed by atoms with van der Waals surface area (Å²) in [6, 6.07) is 76.2. The largest absolute Gasteiger partial charge is 0.456 e. The minimum absolute atomic E-state index is 0.627. The van der Waals surface area contributed by atoms with Crippen LogP contribution in [-0.2, 0) is 0 Å². The standard InChI is InChI=1S/C58H36N2O2/c1-3-14-37(15-4-1)39-18-9-20-41(32-39)42-21-10-22-43(33-42)44-30-31-54-50(35-44)56-48(26-13-29-55(56)61-54)51-36-52(49-27-12-25-47-46-24-7-8-28-53(46)62-57(47)49)60-58(59-51)45-23-11-19-40(34-45)38-16-5-2-6-17-38/h1-36H. The Labute approximate surface area is 358 Å². The minimum Gasteiger partial charge on any atom is -0.456 e. The fourth-order valence-electron chi connectivity index (χ4n) is 8.88. The highest BCUT2D eigenvalue weighted by Gasteiger charge is 2.20. The van der Waals surface area contributed by atoms with E-state index in [2.05, 4.69) is 182 Å². The van der Waals surface area contributed by atoms with Gasteiger partial charge in [0, 0.05) is 38.2 Å². The van der Waals surface area contributed by atoms with Crippen molar-refractivity contribution in [2.24, 2.45) is 0 Å². The first-order chi connectivity index (χ1) is 30.7. The average molecular weight is 793 g/mol. The summed E-state index contributed by atoms with van der Waals surface area (Å²) in [5, 5.41) is 4.16. The van der Waals surface area contributed by atoms with Crippen molar-refractivity contribution in [3.63, 3.8) is 0 Å². The Kier molecular flexibility index (Phi) is 8.46. The molecule has 0 atom stereocenters. The van der Waals surface area contributed by atoms with E-state index in [9.17, 15) is 0 Å². The maximum absolute atomic E-state index is 6.58. The van der Waals surface area contributed by atoms with Crippen molar-refractivity contribution >= 4 is 43.9 Å². The number of fused-ring (bicyclic) bond motifs is 6. The van der Waals surface area contributed by atoms with Crippen molar-refractivity contribution in [2.75, 3.05) is 0 Å². The van der Waals surface area contributed by atoms with Gasteiger partial charge in [-0.15, -0.1) is 0 Å². The third kappa shape index (κ3) is 6.25. The number of para-hydroxylation sites is 2. The second-order valence-corrected chi connectivity index (χ2v) is 15.7. The fraction of sp³-hybridized carbons (Fsp3) is 0. The average Bonchev–Trinajstić information content (AvgIpc) is 3.93. The zero-order valence-electron chi connectivity index (χ0n) is 33.5. The summed E-state index contributed by atoms with van der Waals surface area (Å²) in [4.78, 5) is 10.7. The lowest BCUT2D eigenvalue weighted by molar-refractivity contribution is 0.669. The first kappa shape index (κ1) is 35.6. The van der Waals surface area contributed by atoms with E-state index < -0.39 is 0 Å². The van der Waals surface area contributed by atoms with Gasteiger partial charge in [0.25, 0.3) is 0 Å². The van der Waals surface area contributed by atoms with Crippen molar-refractivity contribution in [1.82, 2.24) is 9.97 Å². The second-order valence-electron chi connectivity index (χ2n) is 15.7. The Hall–Kier alpha value is -8.34. The van der Waals surface area contributed by atoms with E-state index in [0.29, 0.717) is 5.82 Å². The van der Waals surface area contributed by atoms with Gasteiger partial charge in [0.2, 0.25) is 0 Å². The number of furan rings is 2. The molecule has 0 aliphatic rings. The summed E-state index contributed by atoms with van der Waals surface area (Å²) in [6.45, 7) is 0. The van der Waals surface area contributed by atoms with Crippen LogP contribution in [0.1, 0.15) is 0 Å². The van der Waals surface area contributed by atoms with E-state index in [-0.39, 0.29) is 0 Å². The SMILES string of the molecule is c1ccc(-c2cccc(-c3cccc(-c4ccc5oc6cccc(-c7cc(-c8cccc9c8oc8ccccc89)nc(-c8cccc(-c9ccccc9)c8)n7)c6c5c4)c3)c2)cc1. The third-order valence-electron chi connectivity index (χ3n) is 11.9. The molecule has 12 rings (SSSR count). The maximum atomic E-state index is 6.58. The Morgan fingerprint density at radius 1 is 0.274 bits per heavy atom. The summed E-state index contributed by atoms with van der Waals surface area (Å²) >= 11 is 0. The fourth-order valence-corrected chi connectivity index (χ4v) is 8.88. The molecule has 4 nitrogen and oxygen atoms in total. The first-order valence-corrected chi connectivity index (χ1v) is 20.9. The van der Waals surface area contributed by atoms with E-state index in [4.69, 9.17) is 18.8 Å². The highest BCUT2D eigenvalue weighted by atomic mass is 16.3. The molecule has 62 heavy (non-hydrogen) atoms. The van der Waals surface area contributed by atoms with Gasteiger partial charge in [-0.2, -0.15) is 0 Å². The third-order valence-corrected chi connectivity index (χ3v) is 11.9. The molecule has 0 saturated heterocycles. The molecular weight excluding hydrogens is 757 g/mol. The van der Waals surface area contributed by atoms with Gasteiger partial charge in [0.15, 0.2) is 5.82 Å². The Morgan fingerprint density at radius 3 is 1.44 bits per heavy atom. The van der Waals surface area contributed by atoms with Crippen molar-refractivity contribution in [2.45, 2.75) is 0 Å². The zero-order chi connectivity index (χ0) is 41.0. The monoisotopic (exact) mass is 792 g/mol. The van der Waals surface area contributed by atoms with Crippen LogP contribution in [0.3, 0.4) is 0 Å². The van der Waals surface area contributed by atoms with Crippen LogP contribution in [0.15, 0.2) is 227 Å². The van der Waals surface area contributed by atoms with Gasteiger partial charge >= 0.3 is 0 Å². The number of nitrogens with zero attached hydrogens (tertiary/aromatic N) is 2. The molecule has 0 aliphatic heterocycles. The zero-order valence-corrected chi connectivity index (χ0v) is 33.5. The predicted molar refractivity (Wildman–Crippen MR) is 255 cm³/mol. The van der Waals surface area contributed by atoms with Crippen LogP contribution in [0, 0.1) is 0 Å². The lowest BCUT2D eigenvalue weighted by atomic mass is 9.95. The molecule has 0 radical (unpaired) electrons. The molecule has 0 aliphatic carbocycles. The van der Waals surface area contributed by atoms with Gasteiger partial charge in [-0.1, -0.05) is 164 Å². The van der Waals surface area contributed by atoms with Crippen LogP contribution >= 0.6 is 0 Å². The smallest absolute Gasteiger partial charge is 0.160 e. The maximum Gasteiger partial charge on any atom is 0.160 e. The van der Waals surface area contributed by atoms with E-state index >= 15 is 0 Å². The van der Waals surface area contributed by atoms with Crippen LogP contribution in [0.5, 0.6) is 0 Å². The van der Waals surface area contributed by atoms with Crippen molar-refractivity contribution in [3.8, 4) is 78.4 Å². The molecule has 3 heterocycles. The van der Waals surface area contributed by atoms with Gasteiger partial charge in [0.1, 0.15) is 22.3 Å². The van der Waals surface area contributed by atoms with E-state index in [1.54, 1.807) is 0 Å². The van der Waals surface area contributed by atoms with Crippen LogP contribution in [0.2, 0.25) is 0 Å². The molecule has 0 bridgehead atoms. The Bertz CT molecular complexity index is 3640. The molecule has 0 amide bonds. The number of benzene rings is 9. The van der Waals surface area contributed by atoms with Gasteiger partial charge in [-0.25, -0.2) is 9.97 Å². The Morgan fingerprint density at radius 2 is 0.742 bits per heavy atom. The molecule has 290 valence electrons. The molecule has 0 unspecified atom stereocenters. The number of rotatable bonds is 7. The van der Waals surface area contributed by atoms with Crippen molar-refractivity contribution in [3.05, 3.63) is 218 Å². The summed E-state index contributed by atoms with van der Waals surface area (Å²) < 4.78 is 13.1.